The first-order chi connectivity index (χ1) is 9.67. The lowest BCUT2D eigenvalue weighted by Crippen LogP contribution is -1.91. The Morgan fingerprint density at radius 2 is 1.90 bits per heavy atom. The molecule has 0 aliphatic carbocycles. The fraction of sp³-hybridized carbons (Fsp3) is 0.267. The van der Waals surface area contributed by atoms with Crippen molar-refractivity contribution in [3.63, 3.8) is 0 Å². The lowest BCUT2D eigenvalue weighted by Gasteiger charge is -2.10. The first-order valence-corrected chi connectivity index (χ1v) is 6.26. The summed E-state index contributed by atoms with van der Waals surface area (Å²) in [5.41, 5.74) is 0.556. The third-order valence-corrected chi connectivity index (χ3v) is 3.33. The fourth-order valence-electron chi connectivity index (χ4n) is 2.42. The van der Waals surface area contributed by atoms with Crippen LogP contribution in [0.15, 0.2) is 28.9 Å². The largest absolute Gasteiger partial charge is 0.495 e. The van der Waals surface area contributed by atoms with E-state index in [0.717, 1.165) is 16.2 Å². The topological polar surface area (TPSA) is 64.7 Å². The van der Waals surface area contributed by atoms with Crippen LogP contribution in [0.4, 0.5) is 0 Å². The molecule has 3 aromatic rings. The van der Waals surface area contributed by atoms with Gasteiger partial charge in [0.1, 0.15) is 17.6 Å². The Morgan fingerprint density at radius 1 is 1.15 bits per heavy atom. The lowest BCUT2D eigenvalue weighted by atomic mass is 10.1. The third kappa shape index (κ3) is 1.71. The molecular formula is C15H15NO4. The lowest BCUT2D eigenvalue weighted by molar-refractivity contribution is 0.172. The number of hydrogen-bond acceptors (Lipinski definition) is 5. The molecule has 0 aliphatic heterocycles. The number of pyridine rings is 1. The number of rotatable bonds is 3. The Kier molecular flexibility index (Phi) is 2.99. The molecule has 2 aromatic heterocycles. The first kappa shape index (κ1) is 12.7. The minimum absolute atomic E-state index is 0.472. The minimum Gasteiger partial charge on any atom is -0.495 e. The zero-order valence-corrected chi connectivity index (χ0v) is 11.5. The van der Waals surface area contributed by atoms with Crippen LogP contribution in [0.2, 0.25) is 0 Å². The molecule has 0 spiro atoms. The quantitative estimate of drug-likeness (QED) is 0.794. The maximum atomic E-state index is 9.70. The Hall–Kier alpha value is -2.27. The molecule has 0 radical (unpaired) electrons. The molecule has 5 nitrogen and oxygen atoms in total. The monoisotopic (exact) mass is 273 g/mol. The molecule has 1 aromatic carbocycles. The normalized spacial score (nSPS) is 12.8. The average molecular weight is 273 g/mol. The van der Waals surface area contributed by atoms with Gasteiger partial charge in [-0.2, -0.15) is 0 Å². The molecule has 1 unspecified atom stereocenters. The van der Waals surface area contributed by atoms with Crippen LogP contribution >= 0.6 is 0 Å². The molecule has 0 saturated heterocycles. The van der Waals surface area contributed by atoms with E-state index in [-0.39, 0.29) is 0 Å². The highest BCUT2D eigenvalue weighted by Gasteiger charge is 2.20. The zero-order valence-electron chi connectivity index (χ0n) is 11.5. The van der Waals surface area contributed by atoms with Gasteiger partial charge >= 0.3 is 0 Å². The molecule has 0 amide bonds. The van der Waals surface area contributed by atoms with Gasteiger partial charge in [-0.3, -0.25) is 4.98 Å². The number of aliphatic hydroxyl groups excluding tert-OH is 1. The van der Waals surface area contributed by atoms with Crippen molar-refractivity contribution in [1.82, 2.24) is 4.98 Å². The number of benzene rings is 1. The van der Waals surface area contributed by atoms with Gasteiger partial charge in [0.15, 0.2) is 11.3 Å². The first-order valence-electron chi connectivity index (χ1n) is 6.26. The molecule has 2 heterocycles. The molecule has 104 valence electrons. The van der Waals surface area contributed by atoms with Crippen molar-refractivity contribution >= 4 is 21.7 Å². The van der Waals surface area contributed by atoms with Gasteiger partial charge < -0.3 is 19.0 Å². The van der Waals surface area contributed by atoms with Crippen molar-refractivity contribution < 1.29 is 19.0 Å². The van der Waals surface area contributed by atoms with Gasteiger partial charge in [-0.25, -0.2) is 0 Å². The van der Waals surface area contributed by atoms with Crippen LogP contribution in [-0.4, -0.2) is 24.3 Å². The summed E-state index contributed by atoms with van der Waals surface area (Å²) in [6.07, 6.45) is 2.71. The summed E-state index contributed by atoms with van der Waals surface area (Å²) in [6.45, 7) is 1.65. The van der Waals surface area contributed by atoms with E-state index >= 15 is 0 Å². The van der Waals surface area contributed by atoms with Crippen LogP contribution in [0.25, 0.3) is 21.7 Å². The second-order valence-electron chi connectivity index (χ2n) is 4.56. The predicted molar refractivity (Wildman–Crippen MR) is 75.3 cm³/mol. The van der Waals surface area contributed by atoms with E-state index in [1.54, 1.807) is 39.6 Å². The fourth-order valence-corrected chi connectivity index (χ4v) is 2.42. The van der Waals surface area contributed by atoms with Gasteiger partial charge in [-0.15, -0.1) is 0 Å². The van der Waals surface area contributed by atoms with Gasteiger partial charge in [0.05, 0.1) is 19.6 Å². The van der Waals surface area contributed by atoms with Crippen LogP contribution < -0.4 is 9.47 Å². The Labute approximate surface area is 115 Å². The Bertz CT molecular complexity index is 716. The molecule has 20 heavy (non-hydrogen) atoms. The molecule has 3 rings (SSSR count). The Morgan fingerprint density at radius 3 is 2.55 bits per heavy atom. The van der Waals surface area contributed by atoms with Gasteiger partial charge in [-0.05, 0) is 19.1 Å². The van der Waals surface area contributed by atoms with Crippen molar-refractivity contribution in [2.75, 3.05) is 14.2 Å². The highest BCUT2D eigenvalue weighted by molar-refractivity contribution is 6.09. The Balaban J connectivity index is 2.51. The van der Waals surface area contributed by atoms with E-state index in [1.807, 2.05) is 6.07 Å². The molecule has 5 heteroatoms. The molecule has 0 aliphatic rings. The average Bonchev–Trinajstić information content (AvgIpc) is 2.89. The van der Waals surface area contributed by atoms with E-state index < -0.39 is 6.10 Å². The maximum absolute atomic E-state index is 9.70. The number of methoxy groups -OCH3 is 2. The summed E-state index contributed by atoms with van der Waals surface area (Å²) in [5.74, 6) is 1.75. The van der Waals surface area contributed by atoms with Crippen molar-refractivity contribution in [2.24, 2.45) is 0 Å². The summed E-state index contributed by atoms with van der Waals surface area (Å²) in [5, 5.41) is 12.2. The second kappa shape index (κ2) is 4.68. The van der Waals surface area contributed by atoms with E-state index in [4.69, 9.17) is 13.9 Å². The number of ether oxygens (including phenoxy) is 2. The second-order valence-corrected chi connectivity index (χ2v) is 4.56. The van der Waals surface area contributed by atoms with E-state index in [2.05, 4.69) is 4.98 Å². The number of nitrogens with zero attached hydrogens (tertiary/aromatic N) is 1. The molecule has 0 fully saturated rings. The summed E-state index contributed by atoms with van der Waals surface area (Å²) in [4.78, 5) is 4.12. The van der Waals surface area contributed by atoms with Gasteiger partial charge in [-0.1, -0.05) is 0 Å². The van der Waals surface area contributed by atoms with E-state index in [1.165, 1.54) is 0 Å². The smallest absolute Gasteiger partial charge is 0.180 e. The van der Waals surface area contributed by atoms with Crippen molar-refractivity contribution in [1.29, 1.82) is 0 Å². The van der Waals surface area contributed by atoms with E-state index in [0.29, 0.717) is 22.8 Å². The zero-order chi connectivity index (χ0) is 14.3. The summed E-state index contributed by atoms with van der Waals surface area (Å²) >= 11 is 0. The van der Waals surface area contributed by atoms with Crippen molar-refractivity contribution in [3.8, 4) is 11.5 Å². The van der Waals surface area contributed by atoms with E-state index in [9.17, 15) is 5.11 Å². The minimum atomic E-state index is -0.696. The maximum Gasteiger partial charge on any atom is 0.180 e. The van der Waals surface area contributed by atoms with Crippen molar-refractivity contribution in [2.45, 2.75) is 13.0 Å². The highest BCUT2D eigenvalue weighted by Crippen LogP contribution is 2.44. The van der Waals surface area contributed by atoms with Gasteiger partial charge in [0.25, 0.3) is 0 Å². The number of aliphatic hydroxyl groups is 1. The van der Waals surface area contributed by atoms with Crippen LogP contribution in [0, 0.1) is 0 Å². The number of fused-ring (bicyclic) bond motifs is 2. The molecule has 1 N–H and O–H groups in total. The third-order valence-electron chi connectivity index (χ3n) is 3.33. The number of aromatic nitrogens is 1. The molecule has 0 saturated carbocycles. The highest BCUT2D eigenvalue weighted by atomic mass is 16.5. The van der Waals surface area contributed by atoms with Crippen LogP contribution in [0.5, 0.6) is 11.5 Å². The van der Waals surface area contributed by atoms with Gasteiger partial charge in [0, 0.05) is 23.2 Å². The summed E-state index contributed by atoms with van der Waals surface area (Å²) in [6, 6.07) is 3.65. The summed E-state index contributed by atoms with van der Waals surface area (Å²) < 4.78 is 16.7. The number of furan rings is 1. The number of hydrogen-bond donors (Lipinski definition) is 1. The van der Waals surface area contributed by atoms with Crippen LogP contribution in [0.1, 0.15) is 18.8 Å². The molecular weight excluding hydrogens is 258 g/mol. The molecule has 1 atom stereocenters. The molecule has 0 bridgehead atoms. The SMILES string of the molecule is COc1c2ccncc2c(OC)c2oc(C(C)O)cc12. The van der Waals surface area contributed by atoms with Gasteiger partial charge in [0.2, 0.25) is 0 Å². The van der Waals surface area contributed by atoms with Crippen molar-refractivity contribution in [3.05, 3.63) is 30.3 Å². The summed E-state index contributed by atoms with van der Waals surface area (Å²) in [7, 11) is 3.19. The van der Waals surface area contributed by atoms with Crippen LogP contribution in [0.3, 0.4) is 0 Å². The van der Waals surface area contributed by atoms with Crippen LogP contribution in [-0.2, 0) is 0 Å². The predicted octanol–water partition coefficient (Wildman–Crippen LogP) is 3.05. The standard InChI is InChI=1S/C15H15NO4/c1-8(17)12-6-10-13(18-2)9-4-5-16-7-11(9)14(19-3)15(10)20-12/h4-8,17H,1-3H3.